The van der Waals surface area contributed by atoms with E-state index < -0.39 is 11.9 Å². The molecule has 0 aliphatic rings. The lowest BCUT2D eigenvalue weighted by Gasteiger charge is -2.14. The number of hydrogen-bond acceptors (Lipinski definition) is 8. The molecular formula is C22H25ClN2O7. The summed E-state index contributed by atoms with van der Waals surface area (Å²) in [6.07, 6.45) is 1.40. The Morgan fingerprint density at radius 1 is 1.00 bits per heavy atom. The summed E-state index contributed by atoms with van der Waals surface area (Å²) >= 11 is 6.30. The number of methoxy groups -OCH3 is 2. The van der Waals surface area contributed by atoms with E-state index in [1.54, 1.807) is 44.2 Å². The van der Waals surface area contributed by atoms with Crippen LogP contribution in [0.4, 0.5) is 0 Å². The van der Waals surface area contributed by atoms with Crippen LogP contribution in [0.2, 0.25) is 5.02 Å². The third-order valence-electron chi connectivity index (χ3n) is 3.96. The molecule has 0 saturated heterocycles. The van der Waals surface area contributed by atoms with Crippen LogP contribution < -0.4 is 24.4 Å². The van der Waals surface area contributed by atoms with E-state index in [1.165, 1.54) is 20.4 Å². The summed E-state index contributed by atoms with van der Waals surface area (Å²) in [5.41, 5.74) is 3.29. The normalized spacial score (nSPS) is 10.5. The third-order valence-corrected chi connectivity index (χ3v) is 4.25. The van der Waals surface area contributed by atoms with Gasteiger partial charge in [0.25, 0.3) is 5.91 Å². The molecule has 9 nitrogen and oxygen atoms in total. The van der Waals surface area contributed by atoms with E-state index in [2.05, 4.69) is 10.5 Å². The summed E-state index contributed by atoms with van der Waals surface area (Å²) in [6.45, 7) is 3.79. The van der Waals surface area contributed by atoms with Crippen molar-refractivity contribution < 1.29 is 33.3 Å². The van der Waals surface area contributed by atoms with Crippen LogP contribution in [-0.2, 0) is 9.53 Å². The third kappa shape index (κ3) is 7.05. The van der Waals surface area contributed by atoms with Gasteiger partial charge in [-0.15, -0.1) is 0 Å². The molecule has 2 aromatic carbocycles. The number of hydrazone groups is 1. The van der Waals surface area contributed by atoms with Gasteiger partial charge in [-0.1, -0.05) is 11.6 Å². The van der Waals surface area contributed by atoms with Gasteiger partial charge < -0.3 is 23.7 Å². The summed E-state index contributed by atoms with van der Waals surface area (Å²) in [7, 11) is 2.99. The molecule has 0 aromatic heterocycles. The number of nitrogens with one attached hydrogen (secondary N) is 1. The lowest BCUT2D eigenvalue weighted by molar-refractivity contribution is -0.145. The molecule has 0 spiro atoms. The van der Waals surface area contributed by atoms with Gasteiger partial charge in [-0.25, -0.2) is 10.2 Å². The highest BCUT2D eigenvalue weighted by molar-refractivity contribution is 6.32. The maximum absolute atomic E-state index is 12.4. The number of benzene rings is 2. The zero-order valence-corrected chi connectivity index (χ0v) is 19.0. The second-order valence-electron chi connectivity index (χ2n) is 6.16. The molecule has 0 aliphatic carbocycles. The molecule has 2 rings (SSSR count). The zero-order chi connectivity index (χ0) is 23.5. The van der Waals surface area contributed by atoms with Crippen LogP contribution in [0, 0.1) is 0 Å². The van der Waals surface area contributed by atoms with Crippen molar-refractivity contribution in [1.82, 2.24) is 5.43 Å². The molecule has 0 fully saturated rings. The number of nitrogens with zero attached hydrogens (tertiary/aromatic N) is 1. The average molecular weight is 465 g/mol. The lowest BCUT2D eigenvalue weighted by atomic mass is 10.2. The maximum Gasteiger partial charge on any atom is 0.344 e. The first kappa shape index (κ1) is 24.8. The van der Waals surface area contributed by atoms with Gasteiger partial charge in [0, 0.05) is 11.6 Å². The summed E-state index contributed by atoms with van der Waals surface area (Å²) in [5, 5.41) is 4.18. The number of halogens is 1. The molecule has 0 atom stereocenters. The van der Waals surface area contributed by atoms with Crippen molar-refractivity contribution >= 4 is 29.7 Å². The number of carbonyl (C=O) groups is 2. The quantitative estimate of drug-likeness (QED) is 0.308. The Morgan fingerprint density at radius 2 is 1.69 bits per heavy atom. The fraction of sp³-hybridized carbons (Fsp3) is 0.318. The molecule has 0 bridgehead atoms. The number of amides is 1. The Morgan fingerprint density at radius 3 is 2.28 bits per heavy atom. The van der Waals surface area contributed by atoms with E-state index in [9.17, 15) is 9.59 Å². The first-order valence-corrected chi connectivity index (χ1v) is 10.1. The summed E-state index contributed by atoms with van der Waals surface area (Å²) in [4.78, 5) is 24.0. The van der Waals surface area contributed by atoms with Crippen molar-refractivity contribution in [1.29, 1.82) is 0 Å². The van der Waals surface area contributed by atoms with Crippen molar-refractivity contribution in [2.75, 3.05) is 34.0 Å². The Bertz CT molecular complexity index is 957. The van der Waals surface area contributed by atoms with Gasteiger partial charge >= 0.3 is 5.97 Å². The monoisotopic (exact) mass is 464 g/mol. The van der Waals surface area contributed by atoms with Crippen LogP contribution in [0.15, 0.2) is 35.4 Å². The molecule has 1 N–H and O–H groups in total. The van der Waals surface area contributed by atoms with Gasteiger partial charge in [0.15, 0.2) is 18.1 Å². The van der Waals surface area contributed by atoms with Gasteiger partial charge in [0.05, 0.1) is 38.7 Å². The Kier molecular flexibility index (Phi) is 9.62. The van der Waals surface area contributed by atoms with E-state index >= 15 is 0 Å². The van der Waals surface area contributed by atoms with Crippen LogP contribution in [0.5, 0.6) is 23.0 Å². The van der Waals surface area contributed by atoms with Gasteiger partial charge in [0.1, 0.15) is 11.5 Å². The van der Waals surface area contributed by atoms with Gasteiger partial charge in [-0.2, -0.15) is 5.10 Å². The second-order valence-corrected chi connectivity index (χ2v) is 6.56. The van der Waals surface area contributed by atoms with E-state index in [-0.39, 0.29) is 24.0 Å². The van der Waals surface area contributed by atoms with Crippen LogP contribution in [0.3, 0.4) is 0 Å². The Labute approximate surface area is 191 Å². The molecule has 2 aromatic rings. The van der Waals surface area contributed by atoms with E-state index in [0.29, 0.717) is 35.0 Å². The van der Waals surface area contributed by atoms with Crippen molar-refractivity contribution in [2.24, 2.45) is 5.10 Å². The molecule has 0 unspecified atom stereocenters. The van der Waals surface area contributed by atoms with Crippen LogP contribution in [0.1, 0.15) is 29.8 Å². The highest BCUT2D eigenvalue weighted by Crippen LogP contribution is 2.36. The van der Waals surface area contributed by atoms with Crippen molar-refractivity contribution in [3.8, 4) is 23.0 Å². The molecule has 1 amide bonds. The lowest BCUT2D eigenvalue weighted by Crippen LogP contribution is -2.17. The number of carbonyl (C=O) groups excluding carboxylic acids is 2. The summed E-state index contributed by atoms with van der Waals surface area (Å²) in [5.74, 6) is 0.522. The fourth-order valence-electron chi connectivity index (χ4n) is 2.57. The number of hydrogen-bond donors (Lipinski definition) is 1. The number of esters is 1. The molecule has 32 heavy (non-hydrogen) atoms. The Balaban J connectivity index is 2.14. The molecule has 0 aliphatic heterocycles. The second kappa shape index (κ2) is 12.4. The maximum atomic E-state index is 12.4. The molecule has 0 radical (unpaired) electrons. The Hall–Kier alpha value is -3.46. The first-order chi connectivity index (χ1) is 15.4. The van der Waals surface area contributed by atoms with Crippen LogP contribution >= 0.6 is 11.6 Å². The van der Waals surface area contributed by atoms with Crippen LogP contribution in [-0.4, -0.2) is 52.1 Å². The van der Waals surface area contributed by atoms with E-state index in [1.807, 2.05) is 0 Å². The highest BCUT2D eigenvalue weighted by atomic mass is 35.5. The van der Waals surface area contributed by atoms with Crippen molar-refractivity contribution in [3.05, 3.63) is 46.5 Å². The predicted molar refractivity (Wildman–Crippen MR) is 119 cm³/mol. The highest BCUT2D eigenvalue weighted by Gasteiger charge is 2.15. The molecular weight excluding hydrogens is 440 g/mol. The number of ether oxygens (including phenoxy) is 5. The average Bonchev–Trinajstić information content (AvgIpc) is 2.78. The van der Waals surface area contributed by atoms with E-state index in [4.69, 9.17) is 35.3 Å². The zero-order valence-electron chi connectivity index (χ0n) is 18.3. The number of rotatable bonds is 11. The summed E-state index contributed by atoms with van der Waals surface area (Å²) in [6, 6.07) is 7.97. The SMILES string of the molecule is CCOC(=O)COc1c(Cl)cc(/C=N\NC(=O)c2cc(OC)cc(OC)c2)cc1OCC. The van der Waals surface area contributed by atoms with Crippen molar-refractivity contribution in [3.63, 3.8) is 0 Å². The molecule has 0 heterocycles. The predicted octanol–water partition coefficient (Wildman–Crippen LogP) is 3.46. The summed E-state index contributed by atoms with van der Waals surface area (Å²) < 4.78 is 26.2. The molecule has 0 saturated carbocycles. The van der Waals surface area contributed by atoms with Crippen LogP contribution in [0.25, 0.3) is 0 Å². The minimum atomic E-state index is -0.520. The smallest absolute Gasteiger partial charge is 0.344 e. The fourth-order valence-corrected chi connectivity index (χ4v) is 2.84. The first-order valence-electron chi connectivity index (χ1n) is 9.73. The standard InChI is InChI=1S/C22H25ClN2O7/c1-5-30-19-8-14(7-18(23)21(19)32-13-20(26)31-6-2)12-24-25-22(27)15-9-16(28-3)11-17(10-15)29-4/h7-12H,5-6,13H2,1-4H3,(H,25,27)/b24-12-. The topological polar surface area (TPSA) is 105 Å². The van der Waals surface area contributed by atoms with Crippen molar-refractivity contribution in [2.45, 2.75) is 13.8 Å². The van der Waals surface area contributed by atoms with Gasteiger partial charge in [-0.05, 0) is 43.7 Å². The van der Waals surface area contributed by atoms with Gasteiger partial charge in [0.2, 0.25) is 0 Å². The minimum absolute atomic E-state index is 0.213. The van der Waals surface area contributed by atoms with E-state index in [0.717, 1.165) is 0 Å². The molecule has 172 valence electrons. The minimum Gasteiger partial charge on any atom is -0.497 e. The van der Waals surface area contributed by atoms with Gasteiger partial charge in [-0.3, -0.25) is 4.79 Å². The molecule has 10 heteroatoms. The largest absolute Gasteiger partial charge is 0.497 e.